The third-order valence-corrected chi connectivity index (χ3v) is 5.07. The third-order valence-electron chi connectivity index (χ3n) is 5.07. The number of hydrogen-bond acceptors (Lipinski definition) is 5. The van der Waals surface area contributed by atoms with Crippen LogP contribution < -0.4 is 4.74 Å². The molecule has 31 heavy (non-hydrogen) atoms. The summed E-state index contributed by atoms with van der Waals surface area (Å²) in [6.45, 7) is 2.21. The Bertz CT molecular complexity index is 824. The summed E-state index contributed by atoms with van der Waals surface area (Å²) in [5.74, 6) is 0.812. The second-order valence-electron chi connectivity index (χ2n) is 7.92. The fourth-order valence-electron chi connectivity index (χ4n) is 3.22. The van der Waals surface area contributed by atoms with Gasteiger partial charge in [-0.25, -0.2) is 0 Å². The number of phenolic OH excluding ortho intramolecular Hbond substituents is 2. The smallest absolute Gasteiger partial charge is 0.161 e. The Morgan fingerprint density at radius 3 is 2.48 bits per heavy atom. The minimum absolute atomic E-state index is 0.0799. The molecule has 0 saturated carbocycles. The van der Waals surface area contributed by atoms with Gasteiger partial charge in [-0.05, 0) is 74.1 Å². The van der Waals surface area contributed by atoms with Crippen LogP contribution in [-0.2, 0) is 17.6 Å². The van der Waals surface area contributed by atoms with Crippen molar-refractivity contribution in [3.8, 4) is 17.2 Å². The molecule has 0 fully saturated rings. The van der Waals surface area contributed by atoms with E-state index in [1.165, 1.54) is 0 Å². The fourth-order valence-corrected chi connectivity index (χ4v) is 3.22. The van der Waals surface area contributed by atoms with Crippen molar-refractivity contribution in [1.82, 2.24) is 0 Å². The van der Waals surface area contributed by atoms with Crippen LogP contribution in [0, 0.1) is 0 Å². The lowest BCUT2D eigenvalue weighted by Gasteiger charge is -2.10. The van der Waals surface area contributed by atoms with Gasteiger partial charge in [0, 0.05) is 12.8 Å². The van der Waals surface area contributed by atoms with Crippen LogP contribution in [0.1, 0.15) is 56.6 Å². The first-order valence-electron chi connectivity index (χ1n) is 11.0. The molecule has 0 spiro atoms. The zero-order valence-electron chi connectivity index (χ0n) is 18.3. The maximum absolute atomic E-state index is 12.1. The largest absolute Gasteiger partial charge is 0.508 e. The number of carbonyl (C=O) groups is 1. The van der Waals surface area contributed by atoms with Gasteiger partial charge in [-0.3, -0.25) is 4.79 Å². The molecular formula is C26H34O5. The van der Waals surface area contributed by atoms with Gasteiger partial charge in [-0.2, -0.15) is 0 Å². The molecule has 0 unspecified atom stereocenters. The molecule has 0 heterocycles. The molecule has 3 N–H and O–H groups in total. The topological polar surface area (TPSA) is 87.0 Å². The lowest BCUT2D eigenvalue weighted by atomic mass is 10.1. The lowest BCUT2D eigenvalue weighted by Crippen LogP contribution is -2.02. The molecule has 1 atom stereocenters. The van der Waals surface area contributed by atoms with E-state index in [0.29, 0.717) is 31.6 Å². The zero-order chi connectivity index (χ0) is 22.5. The molecule has 0 amide bonds. The Morgan fingerprint density at radius 1 is 1.00 bits per heavy atom. The van der Waals surface area contributed by atoms with Gasteiger partial charge < -0.3 is 20.1 Å². The molecule has 168 valence electrons. The van der Waals surface area contributed by atoms with Gasteiger partial charge in [-0.1, -0.05) is 37.1 Å². The third kappa shape index (κ3) is 10.2. The SMILES string of the molecule is C[C@H](O)CCCCC/C=C/C(=O)CCc1ccc(O)c(OCCc2ccc(O)cc2)c1. The van der Waals surface area contributed by atoms with E-state index in [1.807, 2.05) is 18.2 Å². The van der Waals surface area contributed by atoms with Crippen LogP contribution in [0.15, 0.2) is 54.6 Å². The van der Waals surface area contributed by atoms with Crippen LogP contribution in [-0.4, -0.2) is 33.8 Å². The summed E-state index contributed by atoms with van der Waals surface area (Å²) in [6, 6.07) is 12.1. The van der Waals surface area contributed by atoms with E-state index in [2.05, 4.69) is 0 Å². The normalized spacial score (nSPS) is 12.2. The maximum Gasteiger partial charge on any atom is 0.161 e. The first kappa shape index (κ1) is 24.5. The van der Waals surface area contributed by atoms with Crippen molar-refractivity contribution in [2.45, 2.75) is 64.4 Å². The Hall–Kier alpha value is -2.79. The molecule has 0 aliphatic heterocycles. The van der Waals surface area contributed by atoms with Gasteiger partial charge in [0.05, 0.1) is 12.7 Å². The summed E-state index contributed by atoms with van der Waals surface area (Å²) in [5.41, 5.74) is 1.98. The summed E-state index contributed by atoms with van der Waals surface area (Å²) >= 11 is 0. The average Bonchev–Trinajstić information content (AvgIpc) is 2.74. The Kier molecular flexibility index (Phi) is 10.7. The molecule has 5 heteroatoms. The van der Waals surface area contributed by atoms with E-state index in [9.17, 15) is 20.1 Å². The van der Waals surface area contributed by atoms with Crippen molar-refractivity contribution in [3.05, 3.63) is 65.7 Å². The van der Waals surface area contributed by atoms with E-state index in [0.717, 1.165) is 43.2 Å². The predicted molar refractivity (Wildman–Crippen MR) is 123 cm³/mol. The first-order valence-corrected chi connectivity index (χ1v) is 11.0. The zero-order valence-corrected chi connectivity index (χ0v) is 18.3. The number of aromatic hydroxyl groups is 2. The minimum Gasteiger partial charge on any atom is -0.508 e. The highest BCUT2D eigenvalue weighted by Gasteiger charge is 2.06. The minimum atomic E-state index is -0.234. The summed E-state index contributed by atoms with van der Waals surface area (Å²) in [5, 5.41) is 28.6. The summed E-state index contributed by atoms with van der Waals surface area (Å²) in [4.78, 5) is 12.1. The summed E-state index contributed by atoms with van der Waals surface area (Å²) in [7, 11) is 0. The average molecular weight is 427 g/mol. The Balaban J connectivity index is 1.71. The molecule has 0 saturated heterocycles. The van der Waals surface area contributed by atoms with Crippen molar-refractivity contribution in [2.24, 2.45) is 0 Å². The van der Waals surface area contributed by atoms with Crippen LogP contribution in [0.5, 0.6) is 17.2 Å². The highest BCUT2D eigenvalue weighted by Crippen LogP contribution is 2.27. The predicted octanol–water partition coefficient (Wildman–Crippen LogP) is 5.11. The van der Waals surface area contributed by atoms with Crippen LogP contribution in [0.4, 0.5) is 0 Å². The number of phenols is 2. The first-order chi connectivity index (χ1) is 14.9. The highest BCUT2D eigenvalue weighted by atomic mass is 16.5. The van der Waals surface area contributed by atoms with Gasteiger partial charge in [0.1, 0.15) is 5.75 Å². The van der Waals surface area contributed by atoms with Crippen LogP contribution in [0.2, 0.25) is 0 Å². The molecule has 0 aliphatic rings. The monoisotopic (exact) mass is 426 g/mol. The van der Waals surface area contributed by atoms with Gasteiger partial charge in [0.2, 0.25) is 0 Å². The number of allylic oxidation sites excluding steroid dienone is 2. The number of ether oxygens (including phenoxy) is 1. The van der Waals surface area contributed by atoms with Gasteiger partial charge in [-0.15, -0.1) is 0 Å². The lowest BCUT2D eigenvalue weighted by molar-refractivity contribution is -0.114. The van der Waals surface area contributed by atoms with Gasteiger partial charge in [0.25, 0.3) is 0 Å². The molecule has 0 aliphatic carbocycles. The van der Waals surface area contributed by atoms with Crippen molar-refractivity contribution in [3.63, 3.8) is 0 Å². The van der Waals surface area contributed by atoms with E-state index in [-0.39, 0.29) is 23.4 Å². The van der Waals surface area contributed by atoms with Crippen LogP contribution >= 0.6 is 0 Å². The van der Waals surface area contributed by atoms with E-state index in [1.54, 1.807) is 43.3 Å². The van der Waals surface area contributed by atoms with E-state index < -0.39 is 0 Å². The number of aryl methyl sites for hydroxylation is 1. The second kappa shape index (κ2) is 13.5. The number of aliphatic hydroxyl groups excluding tert-OH is 1. The molecule has 5 nitrogen and oxygen atoms in total. The Labute approximate surface area is 185 Å². The van der Waals surface area contributed by atoms with Crippen LogP contribution in [0.3, 0.4) is 0 Å². The van der Waals surface area contributed by atoms with Crippen LogP contribution in [0.25, 0.3) is 0 Å². The fraction of sp³-hybridized carbons (Fsp3) is 0.423. The molecule has 2 aromatic rings. The molecule has 0 aromatic heterocycles. The number of carbonyl (C=O) groups excluding carboxylic acids is 1. The molecule has 2 rings (SSSR count). The van der Waals surface area contributed by atoms with Crippen molar-refractivity contribution in [2.75, 3.05) is 6.61 Å². The van der Waals surface area contributed by atoms with Crippen molar-refractivity contribution < 1.29 is 24.9 Å². The quantitative estimate of drug-likeness (QED) is 0.289. The van der Waals surface area contributed by atoms with E-state index in [4.69, 9.17) is 4.74 Å². The maximum atomic E-state index is 12.1. The summed E-state index contributed by atoms with van der Waals surface area (Å²) < 4.78 is 5.72. The van der Waals surface area contributed by atoms with Gasteiger partial charge >= 0.3 is 0 Å². The molecule has 0 bridgehead atoms. The van der Waals surface area contributed by atoms with Crippen molar-refractivity contribution >= 4 is 5.78 Å². The standard InChI is InChI=1S/C26H34O5/c1-20(27)7-5-3-2-4-6-8-23(28)15-11-22-12-16-25(30)26(19-22)31-18-17-21-9-13-24(29)14-10-21/h6,8-10,12-14,16,19-20,27,29-30H,2-5,7,11,15,17-18H2,1H3/b8-6+/t20-/m0/s1. The highest BCUT2D eigenvalue weighted by molar-refractivity contribution is 5.89. The molecule has 2 aromatic carbocycles. The second-order valence-corrected chi connectivity index (χ2v) is 7.92. The molecular weight excluding hydrogens is 392 g/mol. The van der Waals surface area contributed by atoms with Crippen molar-refractivity contribution in [1.29, 1.82) is 0 Å². The number of benzene rings is 2. The number of unbranched alkanes of at least 4 members (excludes halogenated alkanes) is 3. The Morgan fingerprint density at radius 2 is 1.74 bits per heavy atom. The summed E-state index contributed by atoms with van der Waals surface area (Å²) in [6.07, 6.45) is 9.83. The number of hydrogen-bond donors (Lipinski definition) is 3. The number of rotatable bonds is 14. The van der Waals surface area contributed by atoms with Gasteiger partial charge in [0.15, 0.2) is 17.3 Å². The van der Waals surface area contributed by atoms with E-state index >= 15 is 0 Å². The molecule has 0 radical (unpaired) electrons. The number of aliphatic hydroxyl groups is 1. The number of ketones is 1.